The first-order valence-corrected chi connectivity index (χ1v) is 8.29. The molecule has 1 aromatic rings. The predicted octanol–water partition coefficient (Wildman–Crippen LogP) is 3.73. The largest absolute Gasteiger partial charge is 0.306 e. The SMILES string of the molecule is C[C@@H](NC1CCN2CCCCC12)c1cccc(Br)c1. The molecule has 3 atom stereocenters. The molecule has 2 nitrogen and oxygen atoms in total. The highest BCUT2D eigenvalue weighted by atomic mass is 79.9. The molecule has 0 spiro atoms. The minimum Gasteiger partial charge on any atom is -0.306 e. The van der Waals surface area contributed by atoms with E-state index in [1.807, 2.05) is 0 Å². The number of rotatable bonds is 3. The molecule has 0 saturated carbocycles. The Morgan fingerprint density at radius 2 is 2.16 bits per heavy atom. The lowest BCUT2D eigenvalue weighted by atomic mass is 9.97. The van der Waals surface area contributed by atoms with Gasteiger partial charge in [-0.1, -0.05) is 34.5 Å². The monoisotopic (exact) mass is 322 g/mol. The van der Waals surface area contributed by atoms with Gasteiger partial charge in [-0.05, 0) is 50.4 Å². The van der Waals surface area contributed by atoms with Crippen molar-refractivity contribution in [1.82, 2.24) is 10.2 Å². The summed E-state index contributed by atoms with van der Waals surface area (Å²) in [4.78, 5) is 2.69. The van der Waals surface area contributed by atoms with E-state index in [4.69, 9.17) is 0 Å². The van der Waals surface area contributed by atoms with E-state index in [1.54, 1.807) is 0 Å². The Morgan fingerprint density at radius 1 is 1.26 bits per heavy atom. The predicted molar refractivity (Wildman–Crippen MR) is 83.3 cm³/mol. The van der Waals surface area contributed by atoms with Crippen LogP contribution in [0.4, 0.5) is 0 Å². The van der Waals surface area contributed by atoms with Crippen molar-refractivity contribution in [2.45, 2.75) is 50.7 Å². The summed E-state index contributed by atoms with van der Waals surface area (Å²) in [6.45, 7) is 4.88. The maximum absolute atomic E-state index is 3.86. The van der Waals surface area contributed by atoms with Crippen LogP contribution in [0.1, 0.15) is 44.2 Å². The first kappa shape index (κ1) is 13.6. The Bertz CT molecular complexity index is 435. The summed E-state index contributed by atoms with van der Waals surface area (Å²) in [5.41, 5.74) is 1.38. The van der Waals surface area contributed by atoms with Crippen LogP contribution in [0.25, 0.3) is 0 Å². The average molecular weight is 323 g/mol. The number of fused-ring (bicyclic) bond motifs is 1. The Balaban J connectivity index is 1.65. The summed E-state index contributed by atoms with van der Waals surface area (Å²) >= 11 is 3.56. The molecule has 0 amide bonds. The Hall–Kier alpha value is -0.380. The normalized spacial score (nSPS) is 29.2. The van der Waals surface area contributed by atoms with Crippen LogP contribution in [0, 0.1) is 0 Å². The number of halogens is 1. The highest BCUT2D eigenvalue weighted by Gasteiger charge is 2.35. The van der Waals surface area contributed by atoms with Crippen molar-refractivity contribution in [3.8, 4) is 0 Å². The van der Waals surface area contributed by atoms with Crippen molar-refractivity contribution in [3.05, 3.63) is 34.3 Å². The van der Waals surface area contributed by atoms with Gasteiger partial charge in [0.1, 0.15) is 0 Å². The lowest BCUT2D eigenvalue weighted by molar-refractivity contribution is 0.177. The Kier molecular flexibility index (Phi) is 4.25. The van der Waals surface area contributed by atoms with E-state index in [1.165, 1.54) is 48.8 Å². The van der Waals surface area contributed by atoms with Gasteiger partial charge in [-0.25, -0.2) is 0 Å². The van der Waals surface area contributed by atoms with Crippen molar-refractivity contribution in [1.29, 1.82) is 0 Å². The van der Waals surface area contributed by atoms with Crippen molar-refractivity contribution in [3.63, 3.8) is 0 Å². The van der Waals surface area contributed by atoms with Crippen molar-refractivity contribution < 1.29 is 0 Å². The van der Waals surface area contributed by atoms with E-state index in [0.717, 1.165) is 6.04 Å². The van der Waals surface area contributed by atoms with Crippen LogP contribution < -0.4 is 5.32 Å². The van der Waals surface area contributed by atoms with Crippen molar-refractivity contribution >= 4 is 15.9 Å². The summed E-state index contributed by atoms with van der Waals surface area (Å²) in [7, 11) is 0. The zero-order valence-corrected chi connectivity index (χ0v) is 13.2. The first-order chi connectivity index (χ1) is 9.24. The number of piperidine rings is 1. The van der Waals surface area contributed by atoms with Gasteiger partial charge < -0.3 is 5.32 Å². The van der Waals surface area contributed by atoms with Crippen LogP contribution in [-0.4, -0.2) is 30.1 Å². The van der Waals surface area contributed by atoms with Gasteiger partial charge in [0.25, 0.3) is 0 Å². The van der Waals surface area contributed by atoms with Crippen molar-refractivity contribution in [2.75, 3.05) is 13.1 Å². The smallest absolute Gasteiger partial charge is 0.0295 e. The van der Waals surface area contributed by atoms with Gasteiger partial charge in [0.05, 0.1) is 0 Å². The molecule has 3 rings (SSSR count). The lowest BCUT2D eigenvalue weighted by Crippen LogP contribution is -2.45. The molecule has 2 aliphatic rings. The molecular weight excluding hydrogens is 300 g/mol. The molecule has 2 saturated heterocycles. The highest BCUT2D eigenvalue weighted by Crippen LogP contribution is 2.29. The van der Waals surface area contributed by atoms with Gasteiger partial charge in [-0.3, -0.25) is 4.90 Å². The highest BCUT2D eigenvalue weighted by molar-refractivity contribution is 9.10. The molecule has 104 valence electrons. The van der Waals surface area contributed by atoms with Crippen LogP contribution in [0.5, 0.6) is 0 Å². The van der Waals surface area contributed by atoms with E-state index < -0.39 is 0 Å². The fourth-order valence-electron chi connectivity index (χ4n) is 3.64. The summed E-state index contributed by atoms with van der Waals surface area (Å²) in [5, 5.41) is 3.86. The van der Waals surface area contributed by atoms with E-state index in [9.17, 15) is 0 Å². The molecule has 0 aliphatic carbocycles. The number of hydrogen-bond acceptors (Lipinski definition) is 2. The van der Waals surface area contributed by atoms with Crippen LogP contribution in [0.15, 0.2) is 28.7 Å². The van der Waals surface area contributed by atoms with Gasteiger partial charge in [0.2, 0.25) is 0 Å². The molecule has 19 heavy (non-hydrogen) atoms. The number of benzene rings is 1. The second kappa shape index (κ2) is 5.94. The molecule has 0 bridgehead atoms. The molecule has 0 aromatic heterocycles. The van der Waals surface area contributed by atoms with Crippen LogP contribution in [-0.2, 0) is 0 Å². The van der Waals surface area contributed by atoms with Crippen LogP contribution in [0.3, 0.4) is 0 Å². The van der Waals surface area contributed by atoms with Gasteiger partial charge in [0, 0.05) is 29.1 Å². The molecule has 3 heteroatoms. The van der Waals surface area contributed by atoms with E-state index in [2.05, 4.69) is 57.3 Å². The minimum absolute atomic E-state index is 0.435. The standard InChI is InChI=1S/C16H23BrN2/c1-12(13-5-4-6-14(17)11-13)18-15-8-10-19-9-3-2-7-16(15)19/h4-6,11-12,15-16,18H,2-3,7-10H2,1H3/t12-,15?,16?/m1/s1. The van der Waals surface area contributed by atoms with Crippen molar-refractivity contribution in [2.24, 2.45) is 0 Å². The zero-order chi connectivity index (χ0) is 13.2. The molecule has 2 unspecified atom stereocenters. The van der Waals surface area contributed by atoms with E-state index >= 15 is 0 Å². The zero-order valence-electron chi connectivity index (χ0n) is 11.6. The summed E-state index contributed by atoms with van der Waals surface area (Å²) in [5.74, 6) is 0. The Morgan fingerprint density at radius 3 is 3.00 bits per heavy atom. The molecule has 2 heterocycles. The molecular formula is C16H23BrN2. The van der Waals surface area contributed by atoms with Gasteiger partial charge in [0.15, 0.2) is 0 Å². The third-order valence-electron chi connectivity index (χ3n) is 4.67. The fraction of sp³-hybridized carbons (Fsp3) is 0.625. The fourth-order valence-corrected chi connectivity index (χ4v) is 4.05. The van der Waals surface area contributed by atoms with E-state index in [0.29, 0.717) is 12.1 Å². The minimum atomic E-state index is 0.435. The summed E-state index contributed by atoms with van der Waals surface area (Å²) < 4.78 is 1.17. The second-order valence-corrected chi connectivity index (χ2v) is 6.85. The van der Waals surface area contributed by atoms with Gasteiger partial charge >= 0.3 is 0 Å². The third kappa shape index (κ3) is 3.04. The van der Waals surface area contributed by atoms with Crippen LogP contribution >= 0.6 is 15.9 Å². The molecule has 0 radical (unpaired) electrons. The molecule has 1 N–H and O–H groups in total. The first-order valence-electron chi connectivity index (χ1n) is 7.49. The van der Waals surface area contributed by atoms with Gasteiger partial charge in [-0.2, -0.15) is 0 Å². The average Bonchev–Trinajstić information content (AvgIpc) is 2.82. The maximum atomic E-state index is 3.86. The molecule has 1 aromatic carbocycles. The quantitative estimate of drug-likeness (QED) is 0.912. The molecule has 2 fully saturated rings. The third-order valence-corrected chi connectivity index (χ3v) is 5.16. The number of nitrogens with one attached hydrogen (secondary N) is 1. The Labute approximate surface area is 124 Å². The lowest BCUT2D eigenvalue weighted by Gasteiger charge is -2.34. The molecule has 2 aliphatic heterocycles. The van der Waals surface area contributed by atoms with Gasteiger partial charge in [-0.15, -0.1) is 0 Å². The maximum Gasteiger partial charge on any atom is 0.0295 e. The van der Waals surface area contributed by atoms with Crippen LogP contribution in [0.2, 0.25) is 0 Å². The summed E-state index contributed by atoms with van der Waals surface area (Å²) in [6.07, 6.45) is 5.49. The van der Waals surface area contributed by atoms with E-state index in [-0.39, 0.29) is 0 Å². The number of hydrogen-bond donors (Lipinski definition) is 1. The number of nitrogens with zero attached hydrogens (tertiary/aromatic N) is 1. The second-order valence-electron chi connectivity index (χ2n) is 5.94. The topological polar surface area (TPSA) is 15.3 Å². The summed E-state index contributed by atoms with van der Waals surface area (Å²) in [6, 6.07) is 10.6.